The Morgan fingerprint density at radius 1 is 1.38 bits per heavy atom. The van der Waals surface area contributed by atoms with Gasteiger partial charge in [-0.05, 0) is 31.0 Å². The molecule has 1 fully saturated rings. The lowest BCUT2D eigenvalue weighted by Crippen LogP contribution is -2.45. The first-order valence-corrected chi connectivity index (χ1v) is 8.07. The van der Waals surface area contributed by atoms with E-state index in [0.717, 1.165) is 12.0 Å². The molecule has 7 heteroatoms. The van der Waals surface area contributed by atoms with Crippen molar-refractivity contribution in [2.75, 3.05) is 6.61 Å². The smallest absolute Gasteiger partial charge is 0.267 e. The minimum absolute atomic E-state index is 0.0184. The van der Waals surface area contributed by atoms with Crippen molar-refractivity contribution in [3.05, 3.63) is 35.6 Å². The van der Waals surface area contributed by atoms with Gasteiger partial charge in [-0.15, -0.1) is 0 Å². The fourth-order valence-corrected chi connectivity index (χ4v) is 2.82. The van der Waals surface area contributed by atoms with E-state index in [2.05, 4.69) is 10.4 Å². The molecule has 2 aliphatic heterocycles. The summed E-state index contributed by atoms with van der Waals surface area (Å²) in [6.07, 6.45) is 1.32. The van der Waals surface area contributed by atoms with Crippen LogP contribution in [0.1, 0.15) is 31.7 Å². The van der Waals surface area contributed by atoms with Crippen molar-refractivity contribution in [2.24, 2.45) is 5.10 Å². The summed E-state index contributed by atoms with van der Waals surface area (Å²) in [6, 6.07) is 5.85. The fourth-order valence-electron chi connectivity index (χ4n) is 2.82. The maximum absolute atomic E-state index is 13.0. The number of hydrogen-bond donors (Lipinski definition) is 1. The molecule has 24 heavy (non-hydrogen) atoms. The van der Waals surface area contributed by atoms with E-state index in [4.69, 9.17) is 4.74 Å². The second-order valence-electron chi connectivity index (χ2n) is 6.07. The Labute approximate surface area is 139 Å². The molecule has 6 nitrogen and oxygen atoms in total. The molecule has 0 radical (unpaired) electrons. The van der Waals surface area contributed by atoms with Crippen LogP contribution in [-0.2, 0) is 20.9 Å². The van der Waals surface area contributed by atoms with Crippen LogP contribution < -0.4 is 5.32 Å². The Balaban J connectivity index is 1.68. The third kappa shape index (κ3) is 3.79. The van der Waals surface area contributed by atoms with E-state index in [0.29, 0.717) is 18.7 Å². The van der Waals surface area contributed by atoms with Crippen LogP contribution in [0.15, 0.2) is 29.4 Å². The molecule has 0 unspecified atom stereocenters. The number of hydrogen-bond acceptors (Lipinski definition) is 4. The standard InChI is InChI=1S/C17H20FN3O3/c1-11-14(8-9-24-11)19-17(23)15-6-7-16(22)21(20-15)10-12-2-4-13(18)5-3-12/h2-5,11,14H,6-10H2,1H3,(H,19,23)/t11-,14+/m1/s1. The van der Waals surface area contributed by atoms with Crippen molar-refractivity contribution in [3.8, 4) is 0 Å². The molecule has 2 heterocycles. The SMILES string of the molecule is C[C@H]1OCC[C@@H]1NC(=O)C1=NN(Cc2ccc(F)cc2)C(=O)CC1. The van der Waals surface area contributed by atoms with Gasteiger partial charge in [0.25, 0.3) is 5.91 Å². The number of rotatable bonds is 4. The predicted molar refractivity (Wildman–Crippen MR) is 85.6 cm³/mol. The summed E-state index contributed by atoms with van der Waals surface area (Å²) < 4.78 is 18.4. The lowest BCUT2D eigenvalue weighted by Gasteiger charge is -2.24. The van der Waals surface area contributed by atoms with Gasteiger partial charge in [-0.3, -0.25) is 9.59 Å². The summed E-state index contributed by atoms with van der Waals surface area (Å²) in [6.45, 7) is 2.78. The number of nitrogens with zero attached hydrogens (tertiary/aromatic N) is 2. The maximum atomic E-state index is 13.0. The summed E-state index contributed by atoms with van der Waals surface area (Å²) in [7, 11) is 0. The second kappa shape index (κ2) is 7.09. The normalized spacial score (nSPS) is 24.0. The van der Waals surface area contributed by atoms with Crippen molar-refractivity contribution in [2.45, 2.75) is 44.9 Å². The van der Waals surface area contributed by atoms with Crippen LogP contribution in [0.25, 0.3) is 0 Å². The van der Waals surface area contributed by atoms with E-state index in [9.17, 15) is 14.0 Å². The number of carbonyl (C=O) groups excluding carboxylic acids is 2. The molecule has 1 N–H and O–H groups in total. The molecular formula is C17H20FN3O3. The first-order chi connectivity index (χ1) is 11.5. The monoisotopic (exact) mass is 333 g/mol. The quantitative estimate of drug-likeness (QED) is 0.910. The molecule has 128 valence electrons. The summed E-state index contributed by atoms with van der Waals surface area (Å²) in [5.74, 6) is -0.734. The molecule has 0 spiro atoms. The molecule has 3 rings (SSSR count). The Morgan fingerprint density at radius 2 is 2.12 bits per heavy atom. The molecule has 0 aliphatic carbocycles. The van der Waals surface area contributed by atoms with Crippen LogP contribution in [0.5, 0.6) is 0 Å². The van der Waals surface area contributed by atoms with Gasteiger partial charge in [-0.25, -0.2) is 9.40 Å². The second-order valence-corrected chi connectivity index (χ2v) is 6.07. The van der Waals surface area contributed by atoms with Crippen molar-refractivity contribution < 1.29 is 18.7 Å². The van der Waals surface area contributed by atoms with Gasteiger partial charge in [0.2, 0.25) is 5.91 Å². The molecule has 2 aliphatic rings. The maximum Gasteiger partial charge on any atom is 0.267 e. The Kier molecular flexibility index (Phi) is 4.89. The summed E-state index contributed by atoms with van der Waals surface area (Å²) in [4.78, 5) is 24.4. The van der Waals surface area contributed by atoms with Gasteiger partial charge in [-0.1, -0.05) is 12.1 Å². The molecule has 2 amide bonds. The molecule has 1 aromatic rings. The lowest BCUT2D eigenvalue weighted by atomic mass is 10.1. The number of benzene rings is 1. The highest BCUT2D eigenvalue weighted by atomic mass is 19.1. The Bertz CT molecular complexity index is 660. The zero-order valence-corrected chi connectivity index (χ0v) is 13.5. The first kappa shape index (κ1) is 16.6. The van der Waals surface area contributed by atoms with Crippen LogP contribution >= 0.6 is 0 Å². The average Bonchev–Trinajstić information content (AvgIpc) is 2.96. The molecule has 2 atom stereocenters. The highest BCUT2D eigenvalue weighted by Gasteiger charge is 2.29. The molecule has 0 saturated carbocycles. The highest BCUT2D eigenvalue weighted by Crippen LogP contribution is 2.16. The minimum atomic E-state index is -0.333. The topological polar surface area (TPSA) is 71.0 Å². The van der Waals surface area contributed by atoms with Gasteiger partial charge in [0.1, 0.15) is 11.5 Å². The van der Waals surface area contributed by atoms with Crippen LogP contribution in [0.2, 0.25) is 0 Å². The van der Waals surface area contributed by atoms with Crippen molar-refractivity contribution in [1.29, 1.82) is 0 Å². The van der Waals surface area contributed by atoms with Crippen molar-refractivity contribution >= 4 is 17.5 Å². The lowest BCUT2D eigenvalue weighted by molar-refractivity contribution is -0.132. The van der Waals surface area contributed by atoms with Gasteiger partial charge >= 0.3 is 0 Å². The van der Waals surface area contributed by atoms with Gasteiger partial charge in [0.05, 0.1) is 18.7 Å². The van der Waals surface area contributed by atoms with Crippen LogP contribution in [0, 0.1) is 5.82 Å². The third-order valence-corrected chi connectivity index (χ3v) is 4.31. The largest absolute Gasteiger partial charge is 0.376 e. The number of ether oxygens (including phenoxy) is 1. The summed E-state index contributed by atoms with van der Waals surface area (Å²) in [5.41, 5.74) is 1.10. The van der Waals surface area contributed by atoms with Gasteiger partial charge in [0, 0.05) is 19.4 Å². The fraction of sp³-hybridized carbons (Fsp3) is 0.471. The molecule has 1 aromatic carbocycles. The van der Waals surface area contributed by atoms with E-state index in [-0.39, 0.29) is 42.7 Å². The number of nitrogens with one attached hydrogen (secondary N) is 1. The highest BCUT2D eigenvalue weighted by molar-refractivity contribution is 6.39. The van der Waals surface area contributed by atoms with Crippen molar-refractivity contribution in [1.82, 2.24) is 10.3 Å². The molecule has 0 aromatic heterocycles. The van der Waals surface area contributed by atoms with E-state index in [1.807, 2.05) is 6.92 Å². The Morgan fingerprint density at radius 3 is 2.79 bits per heavy atom. The van der Waals surface area contributed by atoms with E-state index in [1.165, 1.54) is 17.1 Å². The molecule has 1 saturated heterocycles. The van der Waals surface area contributed by atoms with E-state index >= 15 is 0 Å². The summed E-state index contributed by atoms with van der Waals surface area (Å²) in [5, 5.41) is 8.40. The van der Waals surface area contributed by atoms with E-state index < -0.39 is 0 Å². The van der Waals surface area contributed by atoms with Crippen LogP contribution in [-0.4, -0.2) is 41.3 Å². The number of hydrazone groups is 1. The first-order valence-electron chi connectivity index (χ1n) is 8.07. The average molecular weight is 333 g/mol. The number of carbonyl (C=O) groups is 2. The zero-order chi connectivity index (χ0) is 17.1. The predicted octanol–water partition coefficient (Wildman–Crippen LogP) is 1.60. The molecular weight excluding hydrogens is 313 g/mol. The van der Waals surface area contributed by atoms with Gasteiger partial charge in [-0.2, -0.15) is 5.10 Å². The van der Waals surface area contributed by atoms with E-state index in [1.54, 1.807) is 12.1 Å². The Hall–Kier alpha value is -2.28. The van der Waals surface area contributed by atoms with Crippen molar-refractivity contribution in [3.63, 3.8) is 0 Å². The number of halogens is 1. The zero-order valence-electron chi connectivity index (χ0n) is 13.5. The third-order valence-electron chi connectivity index (χ3n) is 4.31. The minimum Gasteiger partial charge on any atom is -0.376 e. The van der Waals surface area contributed by atoms with Gasteiger partial charge in [0.15, 0.2) is 0 Å². The number of amides is 2. The molecule has 0 bridgehead atoms. The van der Waals surface area contributed by atoms with Gasteiger partial charge < -0.3 is 10.1 Å². The van der Waals surface area contributed by atoms with Crippen LogP contribution in [0.3, 0.4) is 0 Å². The van der Waals surface area contributed by atoms with Crippen LogP contribution in [0.4, 0.5) is 4.39 Å². The summed E-state index contributed by atoms with van der Waals surface area (Å²) >= 11 is 0.